The van der Waals surface area contributed by atoms with Crippen molar-refractivity contribution in [2.24, 2.45) is 11.7 Å². The van der Waals surface area contributed by atoms with Gasteiger partial charge in [-0.15, -0.1) is 0 Å². The lowest BCUT2D eigenvalue weighted by Gasteiger charge is -2.18. The summed E-state index contributed by atoms with van der Waals surface area (Å²) in [6.07, 6.45) is 0. The van der Waals surface area contributed by atoms with Crippen LogP contribution in [-0.4, -0.2) is 7.11 Å². The zero-order chi connectivity index (χ0) is 10.7. The van der Waals surface area contributed by atoms with Crippen LogP contribution in [0.2, 0.25) is 0 Å². The van der Waals surface area contributed by atoms with Crippen LogP contribution in [0.1, 0.15) is 31.0 Å². The molecule has 0 aromatic heterocycles. The lowest BCUT2D eigenvalue weighted by Crippen LogP contribution is -2.17. The molecule has 78 valence electrons. The molecule has 0 aliphatic rings. The lowest BCUT2D eigenvalue weighted by atomic mass is 9.93. The van der Waals surface area contributed by atoms with Gasteiger partial charge in [0.1, 0.15) is 5.75 Å². The fraction of sp³-hybridized carbons (Fsp3) is 0.500. The molecule has 1 aromatic carbocycles. The summed E-state index contributed by atoms with van der Waals surface area (Å²) in [6, 6.07) is 6.15. The molecule has 0 radical (unpaired) electrons. The van der Waals surface area contributed by atoms with Crippen molar-refractivity contribution >= 4 is 0 Å². The number of hydrogen-bond acceptors (Lipinski definition) is 2. The Morgan fingerprint density at radius 2 is 1.93 bits per heavy atom. The zero-order valence-corrected chi connectivity index (χ0v) is 9.37. The first-order valence-corrected chi connectivity index (χ1v) is 4.96. The van der Waals surface area contributed by atoms with E-state index in [9.17, 15) is 0 Å². The standard InChI is InChI=1S/C12H19NO/c1-8(2)12(13)11-6-5-10(14-4)7-9(11)3/h5-8,12H,13H2,1-4H3. The van der Waals surface area contributed by atoms with Crippen molar-refractivity contribution in [3.63, 3.8) is 0 Å². The molecule has 0 spiro atoms. The van der Waals surface area contributed by atoms with E-state index in [1.165, 1.54) is 11.1 Å². The fourth-order valence-electron chi connectivity index (χ4n) is 1.51. The molecule has 0 aliphatic carbocycles. The van der Waals surface area contributed by atoms with E-state index in [1.807, 2.05) is 12.1 Å². The minimum atomic E-state index is 0.112. The van der Waals surface area contributed by atoms with Gasteiger partial charge in [0.25, 0.3) is 0 Å². The summed E-state index contributed by atoms with van der Waals surface area (Å²) in [4.78, 5) is 0. The molecule has 14 heavy (non-hydrogen) atoms. The highest BCUT2D eigenvalue weighted by Gasteiger charge is 2.12. The zero-order valence-electron chi connectivity index (χ0n) is 9.37. The third kappa shape index (κ3) is 2.26. The molecule has 1 rings (SSSR count). The van der Waals surface area contributed by atoms with Gasteiger partial charge in [0.05, 0.1) is 7.11 Å². The minimum Gasteiger partial charge on any atom is -0.497 e. The molecule has 0 fully saturated rings. The first-order valence-electron chi connectivity index (χ1n) is 4.96. The quantitative estimate of drug-likeness (QED) is 0.801. The van der Waals surface area contributed by atoms with Crippen molar-refractivity contribution in [2.75, 3.05) is 7.11 Å². The van der Waals surface area contributed by atoms with Crippen molar-refractivity contribution in [3.05, 3.63) is 29.3 Å². The minimum absolute atomic E-state index is 0.112. The molecule has 2 heteroatoms. The van der Waals surface area contributed by atoms with Crippen molar-refractivity contribution < 1.29 is 4.74 Å². The smallest absolute Gasteiger partial charge is 0.119 e. The second-order valence-electron chi connectivity index (χ2n) is 3.99. The summed E-state index contributed by atoms with van der Waals surface area (Å²) in [6.45, 7) is 6.34. The van der Waals surface area contributed by atoms with Crippen molar-refractivity contribution in [1.29, 1.82) is 0 Å². The molecular weight excluding hydrogens is 174 g/mol. The highest BCUT2D eigenvalue weighted by Crippen LogP contribution is 2.25. The van der Waals surface area contributed by atoms with Crippen LogP contribution >= 0.6 is 0 Å². The highest BCUT2D eigenvalue weighted by atomic mass is 16.5. The number of ether oxygens (including phenoxy) is 1. The van der Waals surface area contributed by atoms with Crippen LogP contribution in [0.4, 0.5) is 0 Å². The molecule has 1 aromatic rings. The summed E-state index contributed by atoms with van der Waals surface area (Å²) >= 11 is 0. The average Bonchev–Trinajstić information content (AvgIpc) is 2.16. The first kappa shape index (κ1) is 11.1. The van der Waals surface area contributed by atoms with Crippen LogP contribution in [-0.2, 0) is 0 Å². The van der Waals surface area contributed by atoms with Crippen molar-refractivity contribution in [3.8, 4) is 5.75 Å². The fourth-order valence-corrected chi connectivity index (χ4v) is 1.51. The Morgan fingerprint density at radius 1 is 1.29 bits per heavy atom. The molecule has 0 saturated carbocycles. The van der Waals surface area contributed by atoms with E-state index in [-0.39, 0.29) is 6.04 Å². The molecule has 2 nitrogen and oxygen atoms in total. The van der Waals surface area contributed by atoms with Gasteiger partial charge in [-0.2, -0.15) is 0 Å². The van der Waals surface area contributed by atoms with Gasteiger partial charge in [-0.3, -0.25) is 0 Å². The van der Waals surface area contributed by atoms with Gasteiger partial charge in [0.15, 0.2) is 0 Å². The monoisotopic (exact) mass is 193 g/mol. The molecule has 0 heterocycles. The number of aryl methyl sites for hydroxylation is 1. The topological polar surface area (TPSA) is 35.2 Å². The maximum atomic E-state index is 6.09. The maximum absolute atomic E-state index is 6.09. The molecule has 0 aliphatic heterocycles. The molecule has 2 N–H and O–H groups in total. The molecule has 1 unspecified atom stereocenters. The summed E-state index contributed by atoms with van der Waals surface area (Å²) in [7, 11) is 1.68. The Labute approximate surface area is 86.1 Å². The number of hydrogen-bond donors (Lipinski definition) is 1. The number of rotatable bonds is 3. The molecule has 0 saturated heterocycles. The summed E-state index contributed by atoms with van der Waals surface area (Å²) in [5.41, 5.74) is 8.50. The van der Waals surface area contributed by atoms with Gasteiger partial charge < -0.3 is 10.5 Å². The van der Waals surface area contributed by atoms with Gasteiger partial charge in [-0.05, 0) is 36.1 Å². The van der Waals surface area contributed by atoms with Gasteiger partial charge in [0.2, 0.25) is 0 Å². The van der Waals surface area contributed by atoms with Crippen LogP contribution in [0.25, 0.3) is 0 Å². The Bertz CT molecular complexity index is 307. The largest absolute Gasteiger partial charge is 0.497 e. The van der Waals surface area contributed by atoms with Crippen molar-refractivity contribution in [2.45, 2.75) is 26.8 Å². The van der Waals surface area contributed by atoms with E-state index in [0.717, 1.165) is 5.75 Å². The summed E-state index contributed by atoms with van der Waals surface area (Å²) < 4.78 is 5.15. The normalized spacial score (nSPS) is 13.0. The van der Waals surface area contributed by atoms with E-state index in [4.69, 9.17) is 10.5 Å². The Kier molecular flexibility index (Phi) is 3.53. The lowest BCUT2D eigenvalue weighted by molar-refractivity contribution is 0.413. The Hall–Kier alpha value is -1.02. The average molecular weight is 193 g/mol. The third-order valence-corrected chi connectivity index (χ3v) is 2.55. The maximum Gasteiger partial charge on any atom is 0.119 e. The van der Waals surface area contributed by atoms with Crippen molar-refractivity contribution in [1.82, 2.24) is 0 Å². The van der Waals surface area contributed by atoms with Crippen LogP contribution in [0.15, 0.2) is 18.2 Å². The van der Waals surface area contributed by atoms with Gasteiger partial charge in [-0.25, -0.2) is 0 Å². The molecule has 0 amide bonds. The first-order chi connectivity index (χ1) is 6.56. The van der Waals surface area contributed by atoms with E-state index in [1.54, 1.807) is 7.11 Å². The second-order valence-corrected chi connectivity index (χ2v) is 3.99. The predicted octanol–water partition coefficient (Wildman–Crippen LogP) is 2.66. The molecular formula is C12H19NO. The van der Waals surface area contributed by atoms with Crippen LogP contribution in [0.3, 0.4) is 0 Å². The second kappa shape index (κ2) is 4.47. The van der Waals surface area contributed by atoms with Gasteiger partial charge >= 0.3 is 0 Å². The van der Waals surface area contributed by atoms with E-state index in [0.29, 0.717) is 5.92 Å². The third-order valence-electron chi connectivity index (χ3n) is 2.55. The van der Waals surface area contributed by atoms with Crippen LogP contribution in [0.5, 0.6) is 5.75 Å². The van der Waals surface area contributed by atoms with Crippen LogP contribution < -0.4 is 10.5 Å². The Morgan fingerprint density at radius 3 is 2.36 bits per heavy atom. The number of methoxy groups -OCH3 is 1. The predicted molar refractivity (Wildman–Crippen MR) is 59.5 cm³/mol. The van der Waals surface area contributed by atoms with Gasteiger partial charge in [0, 0.05) is 6.04 Å². The van der Waals surface area contributed by atoms with E-state index in [2.05, 4.69) is 26.8 Å². The Balaban J connectivity index is 2.99. The molecule has 0 bridgehead atoms. The van der Waals surface area contributed by atoms with Crippen LogP contribution in [0, 0.1) is 12.8 Å². The highest BCUT2D eigenvalue weighted by molar-refractivity contribution is 5.36. The summed E-state index contributed by atoms with van der Waals surface area (Å²) in [5, 5.41) is 0. The van der Waals surface area contributed by atoms with Gasteiger partial charge in [-0.1, -0.05) is 19.9 Å². The number of nitrogens with two attached hydrogens (primary N) is 1. The number of benzene rings is 1. The van der Waals surface area contributed by atoms with E-state index >= 15 is 0 Å². The SMILES string of the molecule is COc1ccc(C(N)C(C)C)c(C)c1. The van der Waals surface area contributed by atoms with E-state index < -0.39 is 0 Å². The molecule has 1 atom stereocenters. The summed E-state index contributed by atoms with van der Waals surface area (Å²) in [5.74, 6) is 1.35.